The lowest BCUT2D eigenvalue weighted by molar-refractivity contribution is -0.129. The Morgan fingerprint density at radius 3 is 2.19 bits per heavy atom. The highest BCUT2D eigenvalue weighted by Gasteiger charge is 2.27. The molecule has 0 fully saturated rings. The van der Waals surface area contributed by atoms with Crippen LogP contribution in [0.4, 0.5) is 0 Å². The summed E-state index contributed by atoms with van der Waals surface area (Å²) in [5.74, 6) is 2.39. The molecule has 4 rings (SSSR count). The van der Waals surface area contributed by atoms with Crippen LogP contribution in [0, 0.1) is 0 Å². The van der Waals surface area contributed by atoms with Gasteiger partial charge in [-0.2, -0.15) is 0 Å². The molecule has 0 saturated carbocycles. The summed E-state index contributed by atoms with van der Waals surface area (Å²) in [4.78, 5) is 16.8. The average Bonchev–Trinajstić information content (AvgIpc) is 3.17. The number of carbonyl (C=O) groups excluding carboxylic acids is 1. The standard InChI is InChI=1S/C22H21NO8/c1-25-15-8-12(9-18-20(15)30-6-5-29-18)7-14-22(24)31-21(23-14)13-10-16(26-2)19(28-4)17(11-13)27-3/h7-11H,5-6H2,1-4H3. The summed E-state index contributed by atoms with van der Waals surface area (Å²) in [6.07, 6.45) is 1.59. The van der Waals surface area contributed by atoms with Crippen LogP contribution in [0.3, 0.4) is 0 Å². The van der Waals surface area contributed by atoms with Gasteiger partial charge in [-0.05, 0) is 35.9 Å². The molecular weight excluding hydrogens is 406 g/mol. The zero-order chi connectivity index (χ0) is 22.0. The van der Waals surface area contributed by atoms with Crippen molar-refractivity contribution in [1.29, 1.82) is 0 Å². The lowest BCUT2D eigenvalue weighted by atomic mass is 10.1. The summed E-state index contributed by atoms with van der Waals surface area (Å²) >= 11 is 0. The van der Waals surface area contributed by atoms with Crippen LogP contribution in [0.25, 0.3) is 6.08 Å². The van der Waals surface area contributed by atoms with Crippen molar-refractivity contribution in [2.75, 3.05) is 41.7 Å². The fourth-order valence-electron chi connectivity index (χ4n) is 3.27. The van der Waals surface area contributed by atoms with Crippen LogP contribution in [-0.4, -0.2) is 53.5 Å². The van der Waals surface area contributed by atoms with Crippen molar-refractivity contribution in [3.63, 3.8) is 0 Å². The monoisotopic (exact) mass is 427 g/mol. The summed E-state index contributed by atoms with van der Waals surface area (Å²) in [6.45, 7) is 0.875. The highest BCUT2D eigenvalue weighted by molar-refractivity contribution is 6.13. The Morgan fingerprint density at radius 1 is 0.871 bits per heavy atom. The van der Waals surface area contributed by atoms with Crippen molar-refractivity contribution in [3.8, 4) is 34.5 Å². The summed E-state index contributed by atoms with van der Waals surface area (Å²) in [7, 11) is 6.05. The third-order valence-electron chi connectivity index (χ3n) is 4.69. The third kappa shape index (κ3) is 3.81. The number of methoxy groups -OCH3 is 4. The smallest absolute Gasteiger partial charge is 0.363 e. The second kappa shape index (κ2) is 8.47. The molecule has 9 heteroatoms. The minimum atomic E-state index is -0.586. The maximum Gasteiger partial charge on any atom is 0.363 e. The van der Waals surface area contributed by atoms with Crippen LogP contribution < -0.4 is 28.4 Å². The number of nitrogens with zero attached hydrogens (tertiary/aromatic N) is 1. The molecule has 2 heterocycles. The quantitative estimate of drug-likeness (QED) is 0.513. The summed E-state index contributed by atoms with van der Waals surface area (Å²) in [5, 5.41) is 0. The molecule has 31 heavy (non-hydrogen) atoms. The van der Waals surface area contributed by atoms with E-state index >= 15 is 0 Å². The molecule has 0 amide bonds. The first-order valence-corrected chi connectivity index (χ1v) is 9.38. The molecule has 0 spiro atoms. The van der Waals surface area contributed by atoms with E-state index in [4.69, 9.17) is 33.2 Å². The Balaban J connectivity index is 1.72. The van der Waals surface area contributed by atoms with Gasteiger partial charge in [0, 0.05) is 5.56 Å². The number of hydrogen-bond donors (Lipinski definition) is 0. The van der Waals surface area contributed by atoms with E-state index in [9.17, 15) is 4.79 Å². The highest BCUT2D eigenvalue weighted by atomic mass is 16.6. The summed E-state index contributed by atoms with van der Waals surface area (Å²) in [5.41, 5.74) is 1.29. The van der Waals surface area contributed by atoms with Crippen molar-refractivity contribution < 1.29 is 38.0 Å². The maximum atomic E-state index is 12.5. The van der Waals surface area contributed by atoms with Gasteiger partial charge in [-0.1, -0.05) is 0 Å². The van der Waals surface area contributed by atoms with E-state index in [1.54, 1.807) is 30.3 Å². The van der Waals surface area contributed by atoms with Crippen LogP contribution in [0.1, 0.15) is 11.1 Å². The minimum absolute atomic E-state index is 0.125. The molecular formula is C22H21NO8. The average molecular weight is 427 g/mol. The Labute approximate surface area is 178 Å². The van der Waals surface area contributed by atoms with Crippen molar-refractivity contribution in [1.82, 2.24) is 0 Å². The number of fused-ring (bicyclic) bond motifs is 1. The number of aliphatic imine (C=N–C) groups is 1. The van der Waals surface area contributed by atoms with E-state index in [-0.39, 0.29) is 11.6 Å². The normalized spacial score (nSPS) is 15.9. The Kier molecular flexibility index (Phi) is 5.57. The molecule has 162 valence electrons. The fraction of sp³-hybridized carbons (Fsp3) is 0.273. The lowest BCUT2D eigenvalue weighted by Crippen LogP contribution is -2.16. The second-order valence-corrected chi connectivity index (χ2v) is 6.50. The van der Waals surface area contributed by atoms with E-state index in [1.165, 1.54) is 28.4 Å². The van der Waals surface area contributed by atoms with Crippen LogP contribution in [0.5, 0.6) is 34.5 Å². The maximum absolute atomic E-state index is 12.5. The first-order valence-electron chi connectivity index (χ1n) is 9.38. The van der Waals surface area contributed by atoms with E-state index in [0.717, 1.165) is 0 Å². The van der Waals surface area contributed by atoms with Gasteiger partial charge >= 0.3 is 5.97 Å². The van der Waals surface area contributed by atoms with Gasteiger partial charge in [0.1, 0.15) is 13.2 Å². The molecule has 0 N–H and O–H groups in total. The number of ether oxygens (including phenoxy) is 7. The van der Waals surface area contributed by atoms with Crippen molar-refractivity contribution in [3.05, 3.63) is 41.1 Å². The molecule has 0 aliphatic carbocycles. The molecule has 0 aromatic heterocycles. The predicted molar refractivity (Wildman–Crippen MR) is 111 cm³/mol. The van der Waals surface area contributed by atoms with E-state index in [0.29, 0.717) is 58.8 Å². The van der Waals surface area contributed by atoms with Crippen molar-refractivity contribution in [2.45, 2.75) is 0 Å². The van der Waals surface area contributed by atoms with Gasteiger partial charge in [0.25, 0.3) is 0 Å². The van der Waals surface area contributed by atoms with E-state index in [2.05, 4.69) is 4.99 Å². The lowest BCUT2D eigenvalue weighted by Gasteiger charge is -2.20. The van der Waals surface area contributed by atoms with Gasteiger partial charge in [-0.3, -0.25) is 0 Å². The van der Waals surface area contributed by atoms with Gasteiger partial charge in [0.2, 0.25) is 17.4 Å². The van der Waals surface area contributed by atoms with Crippen LogP contribution in [0.2, 0.25) is 0 Å². The second-order valence-electron chi connectivity index (χ2n) is 6.50. The molecule has 2 aliphatic rings. The fourth-order valence-corrected chi connectivity index (χ4v) is 3.27. The van der Waals surface area contributed by atoms with Gasteiger partial charge < -0.3 is 33.2 Å². The summed E-state index contributed by atoms with van der Waals surface area (Å²) < 4.78 is 38.0. The van der Waals surface area contributed by atoms with Gasteiger partial charge in [-0.15, -0.1) is 0 Å². The molecule has 0 radical (unpaired) electrons. The molecule has 9 nitrogen and oxygen atoms in total. The zero-order valence-electron chi connectivity index (χ0n) is 17.5. The van der Waals surface area contributed by atoms with Crippen LogP contribution in [-0.2, 0) is 9.53 Å². The SMILES string of the molecule is COc1cc(C2=NC(=Cc3cc(OC)c4c(c3)OCCO4)C(=O)O2)cc(OC)c1OC. The van der Waals surface area contributed by atoms with Crippen molar-refractivity contribution in [2.24, 2.45) is 4.99 Å². The Bertz CT molecular complexity index is 1050. The largest absolute Gasteiger partial charge is 0.493 e. The topological polar surface area (TPSA) is 94.0 Å². The highest BCUT2D eigenvalue weighted by Crippen LogP contribution is 2.41. The molecule has 2 aromatic rings. The number of esters is 1. The molecule has 2 aliphatic heterocycles. The van der Waals surface area contributed by atoms with Gasteiger partial charge in [-0.25, -0.2) is 9.79 Å². The first kappa shape index (κ1) is 20.4. The van der Waals surface area contributed by atoms with E-state index < -0.39 is 5.97 Å². The Hall–Kier alpha value is -3.88. The van der Waals surface area contributed by atoms with Crippen molar-refractivity contribution >= 4 is 17.9 Å². The first-order chi connectivity index (χ1) is 15.1. The van der Waals surface area contributed by atoms with Gasteiger partial charge in [0.15, 0.2) is 28.7 Å². The number of rotatable bonds is 6. The molecule has 0 unspecified atom stereocenters. The molecule has 2 aromatic carbocycles. The van der Waals surface area contributed by atoms with Crippen LogP contribution in [0.15, 0.2) is 35.0 Å². The number of hydrogen-bond acceptors (Lipinski definition) is 9. The van der Waals surface area contributed by atoms with Crippen LogP contribution >= 0.6 is 0 Å². The zero-order valence-corrected chi connectivity index (χ0v) is 17.5. The predicted octanol–water partition coefficient (Wildman–Crippen LogP) is 2.84. The van der Waals surface area contributed by atoms with E-state index in [1.807, 2.05) is 0 Å². The molecule has 0 bridgehead atoms. The number of carbonyl (C=O) groups is 1. The number of benzene rings is 2. The Morgan fingerprint density at radius 2 is 1.55 bits per heavy atom. The summed E-state index contributed by atoms with van der Waals surface area (Å²) in [6, 6.07) is 6.80. The van der Waals surface area contributed by atoms with Gasteiger partial charge in [0.05, 0.1) is 28.4 Å². The third-order valence-corrected chi connectivity index (χ3v) is 4.69. The molecule has 0 saturated heterocycles. The molecule has 0 atom stereocenters. The minimum Gasteiger partial charge on any atom is -0.493 e. The number of cyclic esters (lactones) is 1.